The van der Waals surface area contributed by atoms with Crippen molar-refractivity contribution in [1.82, 2.24) is 4.98 Å². The average molecular weight is 297 g/mol. The van der Waals surface area contributed by atoms with E-state index in [1.807, 2.05) is 0 Å². The third-order valence-electron chi connectivity index (χ3n) is 3.55. The van der Waals surface area contributed by atoms with Gasteiger partial charge in [0.05, 0.1) is 0 Å². The minimum atomic E-state index is -0.356. The zero-order valence-electron chi connectivity index (χ0n) is 11.9. The van der Waals surface area contributed by atoms with E-state index in [0.29, 0.717) is 16.8 Å². The van der Waals surface area contributed by atoms with Gasteiger partial charge in [-0.1, -0.05) is 24.3 Å². The van der Waals surface area contributed by atoms with Crippen LogP contribution >= 0.6 is 0 Å². The monoisotopic (exact) mass is 297 g/mol. The van der Waals surface area contributed by atoms with E-state index in [2.05, 4.69) is 4.98 Å². The van der Waals surface area contributed by atoms with Gasteiger partial charge in [0.2, 0.25) is 0 Å². The second kappa shape index (κ2) is 5.56. The summed E-state index contributed by atoms with van der Waals surface area (Å²) in [5.41, 5.74) is 3.14. The lowest BCUT2D eigenvalue weighted by molar-refractivity contribution is 0.627. The van der Waals surface area contributed by atoms with Crippen LogP contribution in [0, 0.1) is 18.6 Å². The smallest absolute Gasteiger partial charge is 0.256 e. The van der Waals surface area contributed by atoms with Gasteiger partial charge in [0.25, 0.3) is 5.56 Å². The minimum Gasteiger partial charge on any atom is -0.325 e. The third kappa shape index (κ3) is 2.68. The number of rotatable bonds is 2. The number of aromatic nitrogens is 1. The Hall–Kier alpha value is -2.75. The number of aromatic amines is 1. The Bertz CT molecular complexity index is 865. The molecule has 3 aromatic rings. The molecule has 0 fully saturated rings. The Morgan fingerprint density at radius 3 is 1.73 bits per heavy atom. The van der Waals surface area contributed by atoms with Crippen molar-refractivity contribution in [3.05, 3.63) is 82.3 Å². The van der Waals surface area contributed by atoms with Gasteiger partial charge in [0.1, 0.15) is 11.6 Å². The van der Waals surface area contributed by atoms with Gasteiger partial charge in [0, 0.05) is 16.8 Å². The first-order valence-electron chi connectivity index (χ1n) is 6.80. The van der Waals surface area contributed by atoms with Crippen LogP contribution in [0.15, 0.2) is 59.4 Å². The average Bonchev–Trinajstić information content (AvgIpc) is 2.50. The van der Waals surface area contributed by atoms with Crippen molar-refractivity contribution >= 4 is 0 Å². The summed E-state index contributed by atoms with van der Waals surface area (Å²) in [5.74, 6) is -0.671. The first kappa shape index (κ1) is 14.2. The molecule has 2 nitrogen and oxygen atoms in total. The SMILES string of the molecule is Cc1[nH]c(=O)c(-c2ccc(F)cc2)cc1-c1ccc(F)cc1. The van der Waals surface area contributed by atoms with Gasteiger partial charge in [-0.3, -0.25) is 4.79 Å². The summed E-state index contributed by atoms with van der Waals surface area (Å²) in [5, 5.41) is 0. The molecule has 0 saturated carbocycles. The maximum Gasteiger partial charge on any atom is 0.256 e. The predicted molar refractivity (Wildman–Crippen MR) is 82.6 cm³/mol. The van der Waals surface area contributed by atoms with Crippen LogP contribution in [0.2, 0.25) is 0 Å². The number of nitrogens with one attached hydrogen (secondary N) is 1. The Morgan fingerprint density at radius 1 is 0.773 bits per heavy atom. The lowest BCUT2D eigenvalue weighted by Gasteiger charge is -2.09. The number of hydrogen-bond donors (Lipinski definition) is 1. The number of hydrogen-bond acceptors (Lipinski definition) is 1. The third-order valence-corrected chi connectivity index (χ3v) is 3.55. The first-order chi connectivity index (χ1) is 10.5. The van der Waals surface area contributed by atoms with E-state index in [-0.39, 0.29) is 17.2 Å². The van der Waals surface area contributed by atoms with Crippen molar-refractivity contribution < 1.29 is 8.78 Å². The summed E-state index contributed by atoms with van der Waals surface area (Å²) >= 11 is 0. The van der Waals surface area contributed by atoms with Gasteiger partial charge in [0.15, 0.2) is 0 Å². The lowest BCUT2D eigenvalue weighted by atomic mass is 9.99. The van der Waals surface area contributed by atoms with Gasteiger partial charge in [-0.15, -0.1) is 0 Å². The van der Waals surface area contributed by atoms with E-state index in [1.165, 1.54) is 24.3 Å². The molecule has 1 heterocycles. The van der Waals surface area contributed by atoms with Crippen molar-refractivity contribution in [2.75, 3.05) is 0 Å². The van der Waals surface area contributed by atoms with Crippen molar-refractivity contribution in [1.29, 1.82) is 0 Å². The molecule has 4 heteroatoms. The Kier molecular flexibility index (Phi) is 3.59. The summed E-state index contributed by atoms with van der Waals surface area (Å²) in [6.07, 6.45) is 0. The molecule has 110 valence electrons. The van der Waals surface area contributed by atoms with Crippen molar-refractivity contribution in [3.8, 4) is 22.3 Å². The maximum absolute atomic E-state index is 13.1. The number of halogens is 2. The number of pyridine rings is 1. The molecule has 0 amide bonds. The highest BCUT2D eigenvalue weighted by molar-refractivity contribution is 5.73. The summed E-state index contributed by atoms with van der Waals surface area (Å²) in [4.78, 5) is 14.9. The second-order valence-electron chi connectivity index (χ2n) is 5.06. The fourth-order valence-electron chi connectivity index (χ4n) is 2.40. The highest BCUT2D eigenvalue weighted by atomic mass is 19.1. The molecule has 2 aromatic carbocycles. The van der Waals surface area contributed by atoms with Gasteiger partial charge in [-0.2, -0.15) is 0 Å². The van der Waals surface area contributed by atoms with E-state index >= 15 is 0 Å². The van der Waals surface area contributed by atoms with E-state index in [1.54, 1.807) is 37.3 Å². The minimum absolute atomic E-state index is 0.241. The predicted octanol–water partition coefficient (Wildman–Crippen LogP) is 4.30. The van der Waals surface area contributed by atoms with Crippen LogP contribution in [0.1, 0.15) is 5.69 Å². The molecule has 0 unspecified atom stereocenters. The number of H-pyrrole nitrogens is 1. The zero-order valence-corrected chi connectivity index (χ0v) is 11.9. The van der Waals surface area contributed by atoms with Gasteiger partial charge in [-0.25, -0.2) is 8.78 Å². The first-order valence-corrected chi connectivity index (χ1v) is 6.80. The largest absolute Gasteiger partial charge is 0.325 e. The molecule has 3 rings (SSSR count). The normalized spacial score (nSPS) is 10.7. The molecule has 1 aromatic heterocycles. The summed E-state index contributed by atoms with van der Waals surface area (Å²) in [6.45, 7) is 1.79. The van der Waals surface area contributed by atoms with Crippen LogP contribution in [0.25, 0.3) is 22.3 Å². The van der Waals surface area contributed by atoms with E-state index in [9.17, 15) is 13.6 Å². The standard InChI is InChI=1S/C18H13F2NO/c1-11-16(12-2-6-14(19)7-3-12)10-17(18(22)21-11)13-4-8-15(20)9-5-13/h2-10H,1H3,(H,21,22). The molecule has 1 N–H and O–H groups in total. The van der Waals surface area contributed by atoms with E-state index < -0.39 is 0 Å². The summed E-state index contributed by atoms with van der Waals surface area (Å²) in [6, 6.07) is 13.5. The van der Waals surface area contributed by atoms with Crippen LogP contribution in [-0.2, 0) is 0 Å². The summed E-state index contributed by atoms with van der Waals surface area (Å²) in [7, 11) is 0. The molecule has 22 heavy (non-hydrogen) atoms. The Balaban J connectivity index is 2.16. The molecule has 0 aliphatic heterocycles. The molecule has 0 spiro atoms. The fourth-order valence-corrected chi connectivity index (χ4v) is 2.40. The van der Waals surface area contributed by atoms with E-state index in [0.717, 1.165) is 11.1 Å². The van der Waals surface area contributed by atoms with Crippen LogP contribution in [0.5, 0.6) is 0 Å². The van der Waals surface area contributed by atoms with Crippen molar-refractivity contribution in [2.45, 2.75) is 6.92 Å². The second-order valence-corrected chi connectivity index (χ2v) is 5.06. The molecular weight excluding hydrogens is 284 g/mol. The quantitative estimate of drug-likeness (QED) is 0.751. The van der Waals surface area contributed by atoms with Crippen LogP contribution in [0.4, 0.5) is 8.78 Å². The molecule has 0 aliphatic rings. The Labute approximate surface area is 126 Å². The molecular formula is C18H13F2NO. The number of aryl methyl sites for hydroxylation is 1. The molecule has 0 aliphatic carbocycles. The topological polar surface area (TPSA) is 32.9 Å². The zero-order chi connectivity index (χ0) is 15.7. The molecule has 0 atom stereocenters. The molecule has 0 radical (unpaired) electrons. The van der Waals surface area contributed by atoms with Crippen LogP contribution in [0.3, 0.4) is 0 Å². The highest BCUT2D eigenvalue weighted by Crippen LogP contribution is 2.26. The molecule has 0 saturated heterocycles. The highest BCUT2D eigenvalue weighted by Gasteiger charge is 2.10. The summed E-state index contributed by atoms with van der Waals surface area (Å²) < 4.78 is 26.1. The van der Waals surface area contributed by atoms with Crippen molar-refractivity contribution in [2.24, 2.45) is 0 Å². The van der Waals surface area contributed by atoms with Gasteiger partial charge in [-0.05, 0) is 48.4 Å². The van der Waals surface area contributed by atoms with Gasteiger partial charge < -0.3 is 4.98 Å². The van der Waals surface area contributed by atoms with Crippen LogP contribution < -0.4 is 5.56 Å². The van der Waals surface area contributed by atoms with Gasteiger partial charge >= 0.3 is 0 Å². The van der Waals surface area contributed by atoms with Crippen molar-refractivity contribution in [3.63, 3.8) is 0 Å². The molecule has 0 bridgehead atoms. The Morgan fingerprint density at radius 2 is 1.23 bits per heavy atom. The fraction of sp³-hybridized carbons (Fsp3) is 0.0556. The van der Waals surface area contributed by atoms with E-state index in [4.69, 9.17) is 0 Å². The number of benzene rings is 2. The lowest BCUT2D eigenvalue weighted by Crippen LogP contribution is -2.11. The van der Waals surface area contributed by atoms with Crippen LogP contribution in [-0.4, -0.2) is 4.98 Å². The maximum atomic E-state index is 13.1.